The third-order valence-electron chi connectivity index (χ3n) is 6.44. The van der Waals surface area contributed by atoms with Gasteiger partial charge >= 0.3 is 5.97 Å². The minimum atomic E-state index is -1.14. The van der Waals surface area contributed by atoms with E-state index in [-0.39, 0.29) is 18.8 Å². The SMILES string of the molecule is O=C(O)[C@@H](COC(c1ccccc1)(c1ccccc1)c1ccccc1)[C@@H](O)CCc1cccc(O)c1. The number of aliphatic hydroxyl groups excluding tert-OH is 1. The van der Waals surface area contributed by atoms with Crippen LogP contribution in [0.4, 0.5) is 0 Å². The molecule has 4 aromatic rings. The monoisotopic (exact) mass is 482 g/mol. The van der Waals surface area contributed by atoms with Gasteiger partial charge in [-0.1, -0.05) is 103 Å². The lowest BCUT2D eigenvalue weighted by Crippen LogP contribution is -2.39. The second-order valence-electron chi connectivity index (χ2n) is 8.81. The summed E-state index contributed by atoms with van der Waals surface area (Å²) in [6.07, 6.45) is -0.482. The summed E-state index contributed by atoms with van der Waals surface area (Å²) in [5.41, 5.74) is 2.34. The number of hydrogen-bond acceptors (Lipinski definition) is 4. The fraction of sp³-hybridized carbons (Fsp3) is 0.194. The molecule has 3 N–H and O–H groups in total. The summed E-state index contributed by atoms with van der Waals surface area (Å²) in [6.45, 7) is -0.199. The average molecular weight is 483 g/mol. The van der Waals surface area contributed by atoms with E-state index < -0.39 is 23.6 Å². The highest BCUT2D eigenvalue weighted by Crippen LogP contribution is 2.41. The van der Waals surface area contributed by atoms with Crippen LogP contribution in [0.5, 0.6) is 5.75 Å². The van der Waals surface area contributed by atoms with E-state index in [9.17, 15) is 20.1 Å². The first-order valence-corrected chi connectivity index (χ1v) is 12.0. The molecule has 0 heterocycles. The summed E-state index contributed by atoms with van der Waals surface area (Å²) in [4.78, 5) is 12.3. The standard InChI is InChI=1S/C31H30O5/c32-27-18-10-11-23(21-27)19-20-29(33)28(30(34)35)22-36-31(24-12-4-1-5-13-24,25-14-6-2-7-15-25)26-16-8-3-9-17-26/h1-18,21,28-29,32-33H,19-20,22H2,(H,34,35)/t28-,29-/m0/s1. The minimum absolute atomic E-state index is 0.137. The number of ether oxygens (including phenoxy) is 1. The van der Waals surface area contributed by atoms with Crippen LogP contribution >= 0.6 is 0 Å². The number of phenols is 1. The molecule has 5 heteroatoms. The predicted molar refractivity (Wildman–Crippen MR) is 139 cm³/mol. The van der Waals surface area contributed by atoms with Crippen LogP contribution in [0.1, 0.15) is 28.7 Å². The quantitative estimate of drug-likeness (QED) is 0.249. The maximum absolute atomic E-state index is 12.3. The van der Waals surface area contributed by atoms with Crippen molar-refractivity contribution in [1.29, 1.82) is 0 Å². The number of carboxylic acid groups (broad SMARTS) is 1. The molecule has 0 aromatic heterocycles. The van der Waals surface area contributed by atoms with Crippen molar-refractivity contribution in [1.82, 2.24) is 0 Å². The van der Waals surface area contributed by atoms with E-state index in [4.69, 9.17) is 4.74 Å². The van der Waals surface area contributed by atoms with E-state index in [1.165, 1.54) is 0 Å². The van der Waals surface area contributed by atoms with E-state index in [0.717, 1.165) is 22.3 Å². The molecule has 36 heavy (non-hydrogen) atoms. The topological polar surface area (TPSA) is 87.0 Å². The van der Waals surface area contributed by atoms with Crippen LogP contribution in [0, 0.1) is 5.92 Å². The Balaban J connectivity index is 1.66. The number of aliphatic carboxylic acids is 1. The van der Waals surface area contributed by atoms with Crippen LogP contribution in [0.2, 0.25) is 0 Å². The van der Waals surface area contributed by atoms with Gasteiger partial charge in [0.25, 0.3) is 0 Å². The Bertz CT molecular complexity index is 1150. The number of benzene rings is 4. The summed E-state index contributed by atoms with van der Waals surface area (Å²) < 4.78 is 6.62. The number of carboxylic acids is 1. The largest absolute Gasteiger partial charge is 0.508 e. The van der Waals surface area contributed by atoms with E-state index in [2.05, 4.69) is 0 Å². The van der Waals surface area contributed by atoms with Gasteiger partial charge < -0.3 is 20.1 Å². The number of rotatable bonds is 11. The first-order valence-electron chi connectivity index (χ1n) is 12.0. The van der Waals surface area contributed by atoms with Crippen molar-refractivity contribution < 1.29 is 24.9 Å². The molecule has 0 bridgehead atoms. The van der Waals surface area contributed by atoms with Crippen molar-refractivity contribution in [2.45, 2.75) is 24.5 Å². The Morgan fingerprint density at radius 1 is 0.750 bits per heavy atom. The van der Waals surface area contributed by atoms with Crippen molar-refractivity contribution in [2.24, 2.45) is 5.92 Å². The van der Waals surface area contributed by atoms with Crippen molar-refractivity contribution in [3.05, 3.63) is 138 Å². The van der Waals surface area contributed by atoms with E-state index in [1.807, 2.05) is 97.1 Å². The van der Waals surface area contributed by atoms with Gasteiger partial charge in [-0.3, -0.25) is 4.79 Å². The lowest BCUT2D eigenvalue weighted by Gasteiger charge is -2.37. The molecule has 184 valence electrons. The van der Waals surface area contributed by atoms with E-state index >= 15 is 0 Å². The molecule has 0 amide bonds. The van der Waals surface area contributed by atoms with E-state index in [1.54, 1.807) is 18.2 Å². The van der Waals surface area contributed by atoms with Gasteiger partial charge in [0.05, 0.1) is 12.7 Å². The normalized spacial score (nSPS) is 13.1. The van der Waals surface area contributed by atoms with Gasteiger partial charge in [-0.25, -0.2) is 0 Å². The highest BCUT2D eigenvalue weighted by Gasteiger charge is 2.39. The maximum Gasteiger partial charge on any atom is 0.311 e. The molecule has 0 unspecified atom stereocenters. The number of carbonyl (C=O) groups is 1. The second-order valence-corrected chi connectivity index (χ2v) is 8.81. The smallest absolute Gasteiger partial charge is 0.311 e. The van der Waals surface area contributed by atoms with Crippen LogP contribution in [0.15, 0.2) is 115 Å². The fourth-order valence-corrected chi connectivity index (χ4v) is 4.56. The molecule has 0 aliphatic heterocycles. The molecule has 0 spiro atoms. The van der Waals surface area contributed by atoms with Crippen LogP contribution in [0.3, 0.4) is 0 Å². The Morgan fingerprint density at radius 3 is 1.69 bits per heavy atom. The Labute approximate surface area is 211 Å². The van der Waals surface area contributed by atoms with Crippen molar-refractivity contribution in [3.63, 3.8) is 0 Å². The van der Waals surface area contributed by atoms with Gasteiger partial charge in [-0.15, -0.1) is 0 Å². The van der Waals surface area contributed by atoms with Gasteiger partial charge in [0.1, 0.15) is 17.3 Å². The summed E-state index contributed by atoms with van der Waals surface area (Å²) in [5.74, 6) is -2.13. The van der Waals surface area contributed by atoms with Gasteiger partial charge in [-0.05, 0) is 47.2 Å². The predicted octanol–water partition coefficient (Wildman–Crippen LogP) is 5.40. The number of phenolic OH excluding ortho intramolecular Hbond substituents is 1. The molecule has 5 nitrogen and oxygen atoms in total. The molecule has 4 rings (SSSR count). The first kappa shape index (κ1) is 25.2. The van der Waals surface area contributed by atoms with Crippen LogP contribution in [0.25, 0.3) is 0 Å². The zero-order chi connectivity index (χ0) is 25.4. The third kappa shape index (κ3) is 5.65. The van der Waals surface area contributed by atoms with Crippen LogP contribution in [-0.2, 0) is 21.6 Å². The Hall–Kier alpha value is -3.93. The summed E-state index contributed by atoms with van der Waals surface area (Å²) >= 11 is 0. The molecule has 0 aliphatic rings. The number of aryl methyl sites for hydroxylation is 1. The molecule has 0 fully saturated rings. The fourth-order valence-electron chi connectivity index (χ4n) is 4.56. The van der Waals surface area contributed by atoms with Crippen molar-refractivity contribution in [2.75, 3.05) is 6.61 Å². The molecule has 0 saturated heterocycles. The van der Waals surface area contributed by atoms with E-state index in [0.29, 0.717) is 6.42 Å². The Morgan fingerprint density at radius 2 is 1.25 bits per heavy atom. The molecule has 0 radical (unpaired) electrons. The zero-order valence-electron chi connectivity index (χ0n) is 19.9. The van der Waals surface area contributed by atoms with Gasteiger partial charge in [0, 0.05) is 0 Å². The molecule has 4 aromatic carbocycles. The highest BCUT2D eigenvalue weighted by atomic mass is 16.5. The molecular weight excluding hydrogens is 452 g/mol. The molecule has 0 aliphatic carbocycles. The molecule has 0 saturated carbocycles. The van der Waals surface area contributed by atoms with Crippen molar-refractivity contribution >= 4 is 5.97 Å². The van der Waals surface area contributed by atoms with Crippen LogP contribution in [-0.4, -0.2) is 34.0 Å². The Kier molecular flexibility index (Phi) is 8.16. The number of aromatic hydroxyl groups is 1. The molecule has 2 atom stereocenters. The number of hydrogen-bond donors (Lipinski definition) is 3. The summed E-state index contributed by atoms with van der Waals surface area (Å²) in [5, 5.41) is 30.6. The van der Waals surface area contributed by atoms with Gasteiger partial charge in [0.2, 0.25) is 0 Å². The summed E-state index contributed by atoms with van der Waals surface area (Å²) in [7, 11) is 0. The minimum Gasteiger partial charge on any atom is -0.508 e. The highest BCUT2D eigenvalue weighted by molar-refractivity contribution is 5.71. The van der Waals surface area contributed by atoms with Crippen molar-refractivity contribution in [3.8, 4) is 5.75 Å². The average Bonchev–Trinajstić information content (AvgIpc) is 2.91. The lowest BCUT2D eigenvalue weighted by atomic mass is 9.80. The lowest BCUT2D eigenvalue weighted by molar-refractivity contribution is -0.151. The summed E-state index contributed by atoms with van der Waals surface area (Å²) in [6, 6.07) is 35.9. The second kappa shape index (κ2) is 11.7. The van der Waals surface area contributed by atoms with Gasteiger partial charge in [0.15, 0.2) is 0 Å². The maximum atomic E-state index is 12.3. The molecular formula is C31H30O5. The zero-order valence-corrected chi connectivity index (χ0v) is 19.9. The van der Waals surface area contributed by atoms with Gasteiger partial charge in [-0.2, -0.15) is 0 Å². The first-order chi connectivity index (χ1) is 17.5. The van der Waals surface area contributed by atoms with Crippen LogP contribution < -0.4 is 0 Å². The number of aliphatic hydroxyl groups is 1. The third-order valence-corrected chi connectivity index (χ3v) is 6.44.